The smallest absolute Gasteiger partial charge is 0.356 e. The third-order valence-electron chi connectivity index (χ3n) is 6.69. The van der Waals surface area contributed by atoms with Crippen LogP contribution < -0.4 is 16.0 Å². The molecule has 14 heteroatoms. The maximum atomic E-state index is 14.2. The van der Waals surface area contributed by atoms with Crippen molar-refractivity contribution >= 4 is 23.6 Å². The average molecular weight is 507 g/mol. The predicted octanol–water partition coefficient (Wildman–Crippen LogP) is 0.706. The van der Waals surface area contributed by atoms with Gasteiger partial charge in [0.25, 0.3) is 5.92 Å². The van der Waals surface area contributed by atoms with E-state index >= 15 is 0 Å². The van der Waals surface area contributed by atoms with E-state index in [1.807, 2.05) is 0 Å². The predicted molar refractivity (Wildman–Crippen MR) is 108 cm³/mol. The van der Waals surface area contributed by atoms with Gasteiger partial charge in [0.05, 0.1) is 17.9 Å². The van der Waals surface area contributed by atoms with Crippen molar-refractivity contribution in [1.29, 1.82) is 5.26 Å². The molecule has 2 aliphatic heterocycles. The van der Waals surface area contributed by atoms with E-state index < -0.39 is 77.7 Å². The molecular formula is C21H26F5N5O4. The minimum Gasteiger partial charge on any atom is -0.356 e. The third kappa shape index (κ3) is 5.18. The molecule has 0 aromatic rings. The van der Waals surface area contributed by atoms with Crippen molar-refractivity contribution in [2.75, 3.05) is 13.1 Å². The maximum Gasteiger partial charge on any atom is 0.471 e. The number of rotatable bonds is 6. The molecule has 1 aliphatic carbocycles. The van der Waals surface area contributed by atoms with Crippen molar-refractivity contribution in [3.05, 3.63) is 0 Å². The van der Waals surface area contributed by atoms with Gasteiger partial charge >= 0.3 is 12.1 Å². The fraction of sp³-hybridized carbons (Fsp3) is 0.762. The highest BCUT2D eigenvalue weighted by Gasteiger charge is 2.78. The van der Waals surface area contributed by atoms with Gasteiger partial charge in [0.1, 0.15) is 18.1 Å². The summed E-state index contributed by atoms with van der Waals surface area (Å²) in [5.41, 5.74) is -1.25. The molecule has 0 aromatic carbocycles. The monoisotopic (exact) mass is 507 g/mol. The van der Waals surface area contributed by atoms with Crippen molar-refractivity contribution in [2.24, 2.45) is 23.2 Å². The number of halogens is 5. The summed E-state index contributed by atoms with van der Waals surface area (Å²) in [6.07, 6.45) is -4.92. The maximum absolute atomic E-state index is 14.2. The van der Waals surface area contributed by atoms with E-state index in [1.165, 1.54) is 20.8 Å². The first kappa shape index (κ1) is 26.6. The number of carbonyl (C=O) groups is 4. The largest absolute Gasteiger partial charge is 0.471 e. The summed E-state index contributed by atoms with van der Waals surface area (Å²) in [6.45, 7) is 3.95. The number of hydrogen-bond acceptors (Lipinski definition) is 5. The van der Waals surface area contributed by atoms with Gasteiger partial charge in [-0.15, -0.1) is 0 Å². The Morgan fingerprint density at radius 2 is 1.86 bits per heavy atom. The lowest BCUT2D eigenvalue weighted by atomic mass is 9.85. The molecule has 3 fully saturated rings. The highest BCUT2D eigenvalue weighted by molar-refractivity contribution is 5.95. The highest BCUT2D eigenvalue weighted by atomic mass is 19.4. The van der Waals surface area contributed by atoms with E-state index in [4.69, 9.17) is 0 Å². The topological polar surface area (TPSA) is 131 Å². The van der Waals surface area contributed by atoms with Crippen molar-refractivity contribution in [3.8, 4) is 6.07 Å². The molecule has 0 bridgehead atoms. The van der Waals surface area contributed by atoms with Gasteiger partial charge < -0.3 is 20.9 Å². The summed E-state index contributed by atoms with van der Waals surface area (Å²) in [4.78, 5) is 50.3. The van der Waals surface area contributed by atoms with Gasteiger partial charge in [-0.1, -0.05) is 20.8 Å². The number of fused-ring (bicyclic) bond motifs is 1. The van der Waals surface area contributed by atoms with Crippen LogP contribution in [0.2, 0.25) is 0 Å². The first-order valence-corrected chi connectivity index (χ1v) is 11.0. The number of nitrogens with zero attached hydrogens (tertiary/aromatic N) is 2. The zero-order valence-corrected chi connectivity index (χ0v) is 19.2. The Morgan fingerprint density at radius 3 is 2.34 bits per heavy atom. The average Bonchev–Trinajstić information content (AvgIpc) is 3.10. The molecule has 194 valence electrons. The molecular weight excluding hydrogens is 481 g/mol. The SMILES string of the molecule is CC(C)(C)[C@H](NC(=O)C(F)(F)F)C(=O)N1C[C@H]2[C@@H]([C@H]1C(=O)N[C@H](C#N)C[C@@H]1CCNC1=O)C2(F)F. The van der Waals surface area contributed by atoms with Gasteiger partial charge in [-0.05, 0) is 18.3 Å². The second-order valence-electron chi connectivity index (χ2n) is 10.2. The molecule has 0 radical (unpaired) electrons. The van der Waals surface area contributed by atoms with Crippen molar-refractivity contribution < 1.29 is 41.1 Å². The van der Waals surface area contributed by atoms with Gasteiger partial charge in [0, 0.05) is 19.0 Å². The van der Waals surface area contributed by atoms with Crippen LogP contribution in [0.3, 0.4) is 0 Å². The number of carbonyl (C=O) groups excluding carboxylic acids is 4. The molecule has 2 heterocycles. The minimum atomic E-state index is -5.28. The summed E-state index contributed by atoms with van der Waals surface area (Å²) >= 11 is 0. The third-order valence-corrected chi connectivity index (χ3v) is 6.69. The van der Waals surface area contributed by atoms with Gasteiger partial charge in [0.15, 0.2) is 0 Å². The van der Waals surface area contributed by atoms with E-state index in [0.29, 0.717) is 13.0 Å². The molecule has 2 saturated heterocycles. The summed E-state index contributed by atoms with van der Waals surface area (Å²) in [7, 11) is 0. The van der Waals surface area contributed by atoms with E-state index in [2.05, 4.69) is 10.6 Å². The summed E-state index contributed by atoms with van der Waals surface area (Å²) in [6, 6.07) is -2.91. The number of amides is 4. The molecule has 1 saturated carbocycles. The molecule has 9 nitrogen and oxygen atoms in total. The van der Waals surface area contributed by atoms with Crippen LogP contribution in [0, 0.1) is 34.5 Å². The zero-order chi connectivity index (χ0) is 26.5. The Bertz CT molecular complexity index is 957. The van der Waals surface area contributed by atoms with Crippen LogP contribution in [-0.2, 0) is 19.2 Å². The summed E-state index contributed by atoms with van der Waals surface area (Å²) in [5, 5.41) is 15.9. The first-order chi connectivity index (χ1) is 16.0. The Morgan fingerprint density at radius 1 is 1.23 bits per heavy atom. The van der Waals surface area contributed by atoms with Gasteiger partial charge in [-0.25, -0.2) is 8.78 Å². The highest BCUT2D eigenvalue weighted by Crippen LogP contribution is 2.62. The van der Waals surface area contributed by atoms with Crippen molar-refractivity contribution in [3.63, 3.8) is 0 Å². The van der Waals surface area contributed by atoms with Crippen LogP contribution in [0.4, 0.5) is 22.0 Å². The lowest BCUT2D eigenvalue weighted by Crippen LogP contribution is -2.61. The molecule has 3 rings (SSSR count). The number of piperidine rings is 1. The van der Waals surface area contributed by atoms with E-state index in [1.54, 1.807) is 11.4 Å². The molecule has 3 aliphatic rings. The van der Waals surface area contributed by atoms with Crippen LogP contribution in [0.25, 0.3) is 0 Å². The van der Waals surface area contributed by atoms with Crippen LogP contribution in [0.5, 0.6) is 0 Å². The summed E-state index contributed by atoms with van der Waals surface area (Å²) < 4.78 is 67.0. The van der Waals surface area contributed by atoms with E-state index in [9.17, 15) is 46.4 Å². The van der Waals surface area contributed by atoms with Crippen molar-refractivity contribution in [2.45, 2.75) is 63.8 Å². The second-order valence-corrected chi connectivity index (χ2v) is 10.2. The molecule has 35 heavy (non-hydrogen) atoms. The van der Waals surface area contributed by atoms with Crippen LogP contribution in [-0.4, -0.2) is 71.8 Å². The Kier molecular flexibility index (Phi) is 6.78. The molecule has 0 aromatic heterocycles. The van der Waals surface area contributed by atoms with Crippen molar-refractivity contribution in [1.82, 2.24) is 20.9 Å². The number of likely N-dealkylation sites (tertiary alicyclic amines) is 1. The van der Waals surface area contributed by atoms with Gasteiger partial charge in [0.2, 0.25) is 17.7 Å². The first-order valence-electron chi connectivity index (χ1n) is 11.0. The fourth-order valence-corrected chi connectivity index (χ4v) is 4.72. The van der Waals surface area contributed by atoms with Crippen LogP contribution in [0.1, 0.15) is 33.6 Å². The number of nitriles is 1. The Labute approximate surface area is 197 Å². The Hall–Kier alpha value is -2.98. The molecule has 3 N–H and O–H groups in total. The lowest BCUT2D eigenvalue weighted by Gasteiger charge is -2.37. The van der Waals surface area contributed by atoms with Crippen LogP contribution in [0.15, 0.2) is 0 Å². The van der Waals surface area contributed by atoms with E-state index in [-0.39, 0.29) is 12.3 Å². The van der Waals surface area contributed by atoms with E-state index in [0.717, 1.165) is 4.90 Å². The molecule has 6 atom stereocenters. The second kappa shape index (κ2) is 8.91. The number of hydrogen-bond donors (Lipinski definition) is 3. The number of alkyl halides is 5. The number of nitrogens with one attached hydrogen (secondary N) is 3. The molecule has 0 unspecified atom stereocenters. The Balaban J connectivity index is 1.81. The van der Waals surface area contributed by atoms with Crippen LogP contribution >= 0.6 is 0 Å². The normalized spacial score (nSPS) is 28.9. The van der Waals surface area contributed by atoms with Gasteiger partial charge in [-0.3, -0.25) is 19.2 Å². The van der Waals surface area contributed by atoms with Gasteiger partial charge in [-0.2, -0.15) is 18.4 Å². The zero-order valence-electron chi connectivity index (χ0n) is 19.2. The quantitative estimate of drug-likeness (QED) is 0.456. The molecule has 4 amide bonds. The lowest BCUT2D eigenvalue weighted by molar-refractivity contribution is -0.176. The molecule has 0 spiro atoms. The minimum absolute atomic E-state index is 0.0640. The summed E-state index contributed by atoms with van der Waals surface area (Å²) in [5.74, 6) is -11.6. The fourth-order valence-electron chi connectivity index (χ4n) is 4.72. The standard InChI is InChI=1S/C21H26F5N5O4/c1-19(2,3)14(30-18(35)21(24,25)26)17(34)31-8-11-12(20(11,22)23)13(31)16(33)29-10(7-27)6-9-4-5-28-15(9)32/h9-14H,4-6,8H2,1-3H3,(H,28,32)(H,29,33)(H,30,35)/t9-,10-,11-,12-,13-,14+/m0/s1.